The lowest BCUT2D eigenvalue weighted by molar-refractivity contribution is -0.142. The molecule has 184 valence electrons. The van der Waals surface area contributed by atoms with Crippen LogP contribution in [0.15, 0.2) is 18.2 Å². The number of fused-ring (bicyclic) bond motifs is 1. The number of anilines is 1. The third-order valence-electron chi connectivity index (χ3n) is 6.49. The summed E-state index contributed by atoms with van der Waals surface area (Å²) in [5.41, 5.74) is 0.526. The highest BCUT2D eigenvalue weighted by Crippen LogP contribution is 2.31. The molecule has 2 aliphatic rings. The van der Waals surface area contributed by atoms with Crippen LogP contribution in [-0.2, 0) is 19.6 Å². The predicted molar refractivity (Wildman–Crippen MR) is 126 cm³/mol. The largest absolute Gasteiger partial charge is 0.491 e. The molecule has 0 unspecified atom stereocenters. The van der Waals surface area contributed by atoms with Gasteiger partial charge in [-0.1, -0.05) is 13.3 Å². The summed E-state index contributed by atoms with van der Waals surface area (Å²) in [6, 6.07) is 4.42. The van der Waals surface area contributed by atoms with Gasteiger partial charge < -0.3 is 19.3 Å². The van der Waals surface area contributed by atoms with E-state index >= 15 is 0 Å². The van der Waals surface area contributed by atoms with Crippen LogP contribution in [0.5, 0.6) is 5.75 Å². The topological polar surface area (TPSA) is 105 Å². The Morgan fingerprint density at radius 3 is 2.48 bits per heavy atom. The van der Waals surface area contributed by atoms with E-state index in [2.05, 4.69) is 4.72 Å². The fourth-order valence-corrected chi connectivity index (χ4v) is 4.81. The van der Waals surface area contributed by atoms with Crippen molar-refractivity contribution in [3.05, 3.63) is 23.8 Å². The number of hydrogen-bond donors (Lipinski definition) is 1. The van der Waals surface area contributed by atoms with Crippen LogP contribution in [-0.4, -0.2) is 82.3 Å². The molecular formula is C23H35N3O6S. The molecule has 3 atom stereocenters. The second-order valence-electron chi connectivity index (χ2n) is 9.30. The monoisotopic (exact) mass is 481 g/mol. The Bertz CT molecular complexity index is 978. The summed E-state index contributed by atoms with van der Waals surface area (Å²) in [5, 5.41) is 0. The third-order valence-corrected chi connectivity index (χ3v) is 7.09. The molecule has 1 heterocycles. The number of methoxy groups -OCH3 is 1. The van der Waals surface area contributed by atoms with Gasteiger partial charge in [0.25, 0.3) is 5.91 Å². The minimum absolute atomic E-state index is 0.00569. The minimum atomic E-state index is -3.51. The van der Waals surface area contributed by atoms with Crippen molar-refractivity contribution in [2.75, 3.05) is 44.8 Å². The number of carbonyl (C=O) groups is 2. The van der Waals surface area contributed by atoms with Crippen LogP contribution in [0.2, 0.25) is 0 Å². The molecule has 1 fully saturated rings. The summed E-state index contributed by atoms with van der Waals surface area (Å²) >= 11 is 0. The van der Waals surface area contributed by atoms with Crippen LogP contribution in [0.25, 0.3) is 0 Å². The molecule has 33 heavy (non-hydrogen) atoms. The van der Waals surface area contributed by atoms with Gasteiger partial charge in [-0.05, 0) is 38.0 Å². The van der Waals surface area contributed by atoms with E-state index in [-0.39, 0.29) is 53.7 Å². The Morgan fingerprint density at radius 1 is 1.21 bits per heavy atom. The number of sulfonamides is 1. The van der Waals surface area contributed by atoms with Gasteiger partial charge in [0.05, 0.1) is 24.0 Å². The first kappa shape index (κ1) is 25.3. The molecule has 3 rings (SSSR count). The van der Waals surface area contributed by atoms with Crippen LogP contribution < -0.4 is 9.46 Å². The molecule has 9 nitrogen and oxygen atoms in total. The van der Waals surface area contributed by atoms with E-state index in [0.717, 1.165) is 25.5 Å². The van der Waals surface area contributed by atoms with Gasteiger partial charge in [-0.3, -0.25) is 14.3 Å². The van der Waals surface area contributed by atoms with Crippen LogP contribution >= 0.6 is 0 Å². The zero-order valence-electron chi connectivity index (χ0n) is 20.0. The number of nitrogens with zero attached hydrogens (tertiary/aromatic N) is 2. The third kappa shape index (κ3) is 6.17. The van der Waals surface area contributed by atoms with Crippen molar-refractivity contribution in [3.63, 3.8) is 0 Å². The molecule has 1 aliphatic heterocycles. The molecule has 0 spiro atoms. The lowest BCUT2D eigenvalue weighted by atomic mass is 9.83. The molecule has 0 aromatic heterocycles. The number of likely N-dealkylation sites (N-methyl/N-ethyl adjacent to an activating group) is 1. The fourth-order valence-electron chi connectivity index (χ4n) is 4.25. The maximum absolute atomic E-state index is 13.3. The van der Waals surface area contributed by atoms with Gasteiger partial charge in [0.15, 0.2) is 0 Å². The van der Waals surface area contributed by atoms with Gasteiger partial charge in [0.2, 0.25) is 15.9 Å². The van der Waals surface area contributed by atoms with Gasteiger partial charge in [-0.25, -0.2) is 8.42 Å². The lowest BCUT2D eigenvalue weighted by Gasteiger charge is -2.39. The van der Waals surface area contributed by atoms with Gasteiger partial charge >= 0.3 is 0 Å². The molecule has 0 saturated heterocycles. The van der Waals surface area contributed by atoms with Crippen LogP contribution in [0.3, 0.4) is 0 Å². The van der Waals surface area contributed by atoms with E-state index in [1.807, 2.05) is 18.7 Å². The molecule has 1 aromatic rings. The number of ether oxygens (including phenoxy) is 2. The summed E-state index contributed by atoms with van der Waals surface area (Å²) in [6.45, 7) is 5.02. The van der Waals surface area contributed by atoms with Crippen molar-refractivity contribution < 1.29 is 27.5 Å². The SMILES string of the molecule is CO[C@@H]1CN(C)C(=O)c2cc(NS(C)(=O)=O)ccc2OC[C@@H](C)N(C(=O)C2CCC2)C[C@H]1C. The quantitative estimate of drug-likeness (QED) is 0.707. The molecule has 1 aliphatic carbocycles. The van der Waals surface area contributed by atoms with Gasteiger partial charge in [-0.2, -0.15) is 0 Å². The summed E-state index contributed by atoms with van der Waals surface area (Å²) in [7, 11) is -0.222. The first-order valence-corrected chi connectivity index (χ1v) is 13.2. The molecule has 1 saturated carbocycles. The van der Waals surface area contributed by atoms with Gasteiger partial charge in [-0.15, -0.1) is 0 Å². The standard InChI is InChI=1S/C23H35N3O6S/c1-15-12-26(22(27)17-7-6-8-17)16(2)14-32-20-10-9-18(24-33(5,29)30)11-19(20)23(28)25(3)13-21(15)31-4/h9-11,15-17,21,24H,6-8,12-14H2,1-5H3/t15-,16-,21-/m1/s1. The van der Waals surface area contributed by atoms with E-state index in [1.165, 1.54) is 6.07 Å². The summed E-state index contributed by atoms with van der Waals surface area (Å²) in [6.07, 6.45) is 3.69. The van der Waals surface area contributed by atoms with E-state index in [0.29, 0.717) is 18.8 Å². The van der Waals surface area contributed by atoms with Crippen LogP contribution in [0.1, 0.15) is 43.5 Å². The van der Waals surface area contributed by atoms with E-state index in [9.17, 15) is 18.0 Å². The fraction of sp³-hybridized carbons (Fsp3) is 0.652. The number of amides is 2. The van der Waals surface area contributed by atoms with Crippen molar-refractivity contribution in [1.29, 1.82) is 0 Å². The molecule has 0 bridgehead atoms. The minimum Gasteiger partial charge on any atom is -0.491 e. The zero-order chi connectivity index (χ0) is 24.3. The molecule has 0 radical (unpaired) electrons. The zero-order valence-corrected chi connectivity index (χ0v) is 20.9. The van der Waals surface area contributed by atoms with Crippen molar-refractivity contribution in [2.45, 2.75) is 45.3 Å². The molecule has 1 aromatic carbocycles. The lowest BCUT2D eigenvalue weighted by Crippen LogP contribution is -2.51. The number of hydrogen-bond acceptors (Lipinski definition) is 6. The predicted octanol–water partition coefficient (Wildman–Crippen LogP) is 2.19. The Kier molecular flexibility index (Phi) is 7.89. The Morgan fingerprint density at radius 2 is 1.91 bits per heavy atom. The first-order valence-electron chi connectivity index (χ1n) is 11.3. The molecular weight excluding hydrogens is 446 g/mol. The normalized spacial score (nSPS) is 25.2. The average molecular weight is 482 g/mol. The van der Waals surface area contributed by atoms with E-state index < -0.39 is 10.0 Å². The van der Waals surface area contributed by atoms with Gasteiger partial charge in [0, 0.05) is 44.8 Å². The second-order valence-corrected chi connectivity index (χ2v) is 11.0. The smallest absolute Gasteiger partial charge is 0.257 e. The average Bonchev–Trinajstić information content (AvgIpc) is 2.70. The maximum Gasteiger partial charge on any atom is 0.257 e. The Balaban J connectivity index is 1.96. The highest BCUT2D eigenvalue weighted by atomic mass is 32.2. The Labute approximate surface area is 196 Å². The molecule has 10 heteroatoms. The molecule has 1 N–H and O–H groups in total. The highest BCUT2D eigenvalue weighted by molar-refractivity contribution is 7.92. The van der Waals surface area contributed by atoms with Gasteiger partial charge in [0.1, 0.15) is 12.4 Å². The maximum atomic E-state index is 13.3. The van der Waals surface area contributed by atoms with Crippen LogP contribution in [0.4, 0.5) is 5.69 Å². The molecule has 2 amide bonds. The Hall–Kier alpha value is -2.33. The number of benzene rings is 1. The van der Waals surface area contributed by atoms with Crippen molar-refractivity contribution in [3.8, 4) is 5.75 Å². The van der Waals surface area contributed by atoms with Crippen molar-refractivity contribution in [1.82, 2.24) is 9.80 Å². The summed E-state index contributed by atoms with van der Waals surface area (Å²) in [4.78, 5) is 29.9. The first-order chi connectivity index (χ1) is 15.5. The number of rotatable bonds is 4. The summed E-state index contributed by atoms with van der Waals surface area (Å²) in [5.74, 6) is 0.250. The van der Waals surface area contributed by atoms with Crippen molar-refractivity contribution in [2.24, 2.45) is 11.8 Å². The summed E-state index contributed by atoms with van der Waals surface area (Å²) < 4.78 is 37.5. The second kappa shape index (κ2) is 10.3. The number of nitrogens with one attached hydrogen (secondary N) is 1. The van der Waals surface area contributed by atoms with E-state index in [1.54, 1.807) is 31.2 Å². The van der Waals surface area contributed by atoms with Crippen LogP contribution in [0, 0.1) is 11.8 Å². The highest BCUT2D eigenvalue weighted by Gasteiger charge is 2.35. The number of carbonyl (C=O) groups excluding carboxylic acids is 2. The van der Waals surface area contributed by atoms with E-state index in [4.69, 9.17) is 9.47 Å². The van der Waals surface area contributed by atoms with Crippen molar-refractivity contribution >= 4 is 27.5 Å².